The van der Waals surface area contributed by atoms with E-state index in [4.69, 9.17) is 16.3 Å². The summed E-state index contributed by atoms with van der Waals surface area (Å²) in [4.78, 5) is 35.5. The van der Waals surface area contributed by atoms with E-state index in [0.717, 1.165) is 6.07 Å². The van der Waals surface area contributed by atoms with E-state index in [2.05, 4.69) is 10.6 Å². The highest BCUT2D eigenvalue weighted by Crippen LogP contribution is 2.13. The van der Waals surface area contributed by atoms with Crippen LogP contribution in [0.15, 0.2) is 48.5 Å². The summed E-state index contributed by atoms with van der Waals surface area (Å²) in [6.07, 6.45) is -1.08. The van der Waals surface area contributed by atoms with Gasteiger partial charge >= 0.3 is 5.97 Å². The SMILES string of the molecule is C[C@@H](OC(=O)CNC(=O)c1ccccc1F)C(=O)Nc1ccc(Cl)cc1. The van der Waals surface area contributed by atoms with Crippen molar-refractivity contribution in [2.75, 3.05) is 11.9 Å². The number of carbonyl (C=O) groups is 3. The predicted octanol–water partition coefficient (Wildman–Crippen LogP) is 2.78. The molecule has 0 aliphatic heterocycles. The molecule has 0 heterocycles. The van der Waals surface area contributed by atoms with Crippen LogP contribution >= 0.6 is 11.6 Å². The molecule has 0 saturated heterocycles. The van der Waals surface area contributed by atoms with Crippen LogP contribution in [0.3, 0.4) is 0 Å². The third-order valence-corrected chi connectivity index (χ3v) is 3.55. The van der Waals surface area contributed by atoms with Gasteiger partial charge in [-0.05, 0) is 43.3 Å². The first-order valence-corrected chi connectivity index (χ1v) is 8.03. The summed E-state index contributed by atoms with van der Waals surface area (Å²) in [5, 5.41) is 5.32. The Hall–Kier alpha value is -2.93. The molecule has 0 saturated carbocycles. The van der Waals surface area contributed by atoms with E-state index in [1.807, 2.05) is 0 Å². The Morgan fingerprint density at radius 3 is 2.42 bits per heavy atom. The fraction of sp³-hybridized carbons (Fsp3) is 0.167. The molecule has 26 heavy (non-hydrogen) atoms. The van der Waals surface area contributed by atoms with Gasteiger partial charge in [-0.2, -0.15) is 0 Å². The molecule has 0 aliphatic rings. The smallest absolute Gasteiger partial charge is 0.326 e. The summed E-state index contributed by atoms with van der Waals surface area (Å²) in [5.74, 6) is -2.82. The lowest BCUT2D eigenvalue weighted by Crippen LogP contribution is -2.36. The highest BCUT2D eigenvalue weighted by atomic mass is 35.5. The van der Waals surface area contributed by atoms with Crippen molar-refractivity contribution in [2.45, 2.75) is 13.0 Å². The summed E-state index contributed by atoms with van der Waals surface area (Å²) < 4.78 is 18.4. The number of hydrogen-bond donors (Lipinski definition) is 2. The van der Waals surface area contributed by atoms with E-state index in [1.165, 1.54) is 25.1 Å². The predicted molar refractivity (Wildman–Crippen MR) is 94.4 cm³/mol. The number of benzene rings is 2. The van der Waals surface area contributed by atoms with Gasteiger partial charge in [-0.15, -0.1) is 0 Å². The first-order valence-electron chi connectivity index (χ1n) is 7.65. The van der Waals surface area contributed by atoms with Gasteiger partial charge in [0.05, 0.1) is 5.56 Å². The van der Waals surface area contributed by atoms with Crippen LogP contribution in [0.5, 0.6) is 0 Å². The Balaban J connectivity index is 1.81. The van der Waals surface area contributed by atoms with E-state index in [1.54, 1.807) is 24.3 Å². The van der Waals surface area contributed by atoms with Crippen molar-refractivity contribution in [2.24, 2.45) is 0 Å². The van der Waals surface area contributed by atoms with Gasteiger partial charge in [-0.25, -0.2) is 4.39 Å². The number of rotatable bonds is 6. The van der Waals surface area contributed by atoms with Gasteiger partial charge in [0.2, 0.25) is 0 Å². The van der Waals surface area contributed by atoms with Gasteiger partial charge in [0.25, 0.3) is 11.8 Å². The molecule has 0 aliphatic carbocycles. The van der Waals surface area contributed by atoms with Crippen LogP contribution in [0.1, 0.15) is 17.3 Å². The Labute approximate surface area is 154 Å². The maximum Gasteiger partial charge on any atom is 0.326 e. The number of esters is 1. The molecule has 1 atom stereocenters. The van der Waals surface area contributed by atoms with Crippen LogP contribution in [0.2, 0.25) is 5.02 Å². The van der Waals surface area contributed by atoms with E-state index >= 15 is 0 Å². The standard InChI is InChI=1S/C18H16ClFN2O4/c1-11(17(24)22-13-8-6-12(19)7-9-13)26-16(23)10-21-18(25)14-4-2-3-5-15(14)20/h2-9,11H,10H2,1H3,(H,21,25)(H,22,24)/t11-/m1/s1. The normalized spacial score (nSPS) is 11.3. The number of halogens is 2. The average Bonchev–Trinajstić information content (AvgIpc) is 2.62. The molecule has 0 bridgehead atoms. The molecule has 0 aromatic heterocycles. The molecule has 0 spiro atoms. The number of nitrogens with one attached hydrogen (secondary N) is 2. The van der Waals surface area contributed by atoms with Crippen LogP contribution in [0.25, 0.3) is 0 Å². The molecule has 0 radical (unpaired) electrons. The second-order valence-electron chi connectivity index (χ2n) is 5.29. The Morgan fingerprint density at radius 2 is 1.77 bits per heavy atom. The Bertz CT molecular complexity index is 811. The molecule has 2 amide bonds. The van der Waals surface area contributed by atoms with Crippen LogP contribution in [-0.4, -0.2) is 30.4 Å². The van der Waals surface area contributed by atoms with Crippen LogP contribution in [-0.2, 0) is 14.3 Å². The van der Waals surface area contributed by atoms with Crippen molar-refractivity contribution >= 4 is 35.1 Å². The average molecular weight is 379 g/mol. The van der Waals surface area contributed by atoms with Gasteiger partial charge in [-0.3, -0.25) is 14.4 Å². The zero-order valence-electron chi connectivity index (χ0n) is 13.8. The largest absolute Gasteiger partial charge is 0.451 e. The zero-order valence-corrected chi connectivity index (χ0v) is 14.5. The third kappa shape index (κ3) is 5.56. The van der Waals surface area contributed by atoms with Gasteiger partial charge in [0, 0.05) is 10.7 Å². The molecule has 0 fully saturated rings. The molecule has 2 N–H and O–H groups in total. The van der Waals surface area contributed by atoms with E-state index in [9.17, 15) is 18.8 Å². The molecule has 8 heteroatoms. The lowest BCUT2D eigenvalue weighted by atomic mass is 10.2. The fourth-order valence-corrected chi connectivity index (χ4v) is 2.09. The van der Waals surface area contributed by atoms with Crippen LogP contribution in [0, 0.1) is 5.82 Å². The molecule has 136 valence electrons. The van der Waals surface area contributed by atoms with Gasteiger partial charge in [0.15, 0.2) is 6.10 Å². The summed E-state index contributed by atoms with van der Waals surface area (Å²) in [5.41, 5.74) is 0.309. The van der Waals surface area contributed by atoms with Gasteiger partial charge < -0.3 is 15.4 Å². The summed E-state index contributed by atoms with van der Waals surface area (Å²) >= 11 is 5.75. The van der Waals surface area contributed by atoms with Crippen molar-refractivity contribution in [3.05, 3.63) is 64.9 Å². The van der Waals surface area contributed by atoms with Gasteiger partial charge in [-0.1, -0.05) is 23.7 Å². The minimum absolute atomic E-state index is 0.186. The Kier molecular flexibility index (Phi) is 6.68. The van der Waals surface area contributed by atoms with E-state index in [-0.39, 0.29) is 5.56 Å². The zero-order chi connectivity index (χ0) is 19.1. The maximum atomic E-state index is 13.5. The molecular weight excluding hydrogens is 363 g/mol. The summed E-state index contributed by atoms with van der Waals surface area (Å²) in [7, 11) is 0. The van der Waals surface area contributed by atoms with Crippen LogP contribution in [0.4, 0.5) is 10.1 Å². The van der Waals surface area contributed by atoms with E-state index < -0.39 is 36.2 Å². The molecular formula is C18H16ClFN2O4. The van der Waals surface area contributed by atoms with Crippen molar-refractivity contribution in [3.8, 4) is 0 Å². The number of anilines is 1. The molecule has 0 unspecified atom stereocenters. The van der Waals surface area contributed by atoms with E-state index in [0.29, 0.717) is 10.7 Å². The number of ether oxygens (including phenoxy) is 1. The van der Waals surface area contributed by atoms with Crippen molar-refractivity contribution < 1.29 is 23.5 Å². The number of amides is 2. The molecule has 2 aromatic rings. The molecule has 2 rings (SSSR count). The monoisotopic (exact) mass is 378 g/mol. The van der Waals surface area contributed by atoms with Gasteiger partial charge in [0.1, 0.15) is 12.4 Å². The number of hydrogen-bond acceptors (Lipinski definition) is 4. The first-order chi connectivity index (χ1) is 12.4. The second-order valence-corrected chi connectivity index (χ2v) is 5.73. The third-order valence-electron chi connectivity index (χ3n) is 3.30. The summed E-state index contributed by atoms with van der Waals surface area (Å²) in [6.45, 7) is 0.896. The van der Waals surface area contributed by atoms with Crippen molar-refractivity contribution in [1.29, 1.82) is 0 Å². The first kappa shape index (κ1) is 19.4. The quantitative estimate of drug-likeness (QED) is 0.757. The lowest BCUT2D eigenvalue weighted by Gasteiger charge is -2.14. The number of carbonyl (C=O) groups excluding carboxylic acids is 3. The second kappa shape index (κ2) is 8.96. The summed E-state index contributed by atoms with van der Waals surface area (Å²) in [6, 6.07) is 11.8. The highest BCUT2D eigenvalue weighted by molar-refractivity contribution is 6.30. The van der Waals surface area contributed by atoms with Crippen LogP contribution < -0.4 is 10.6 Å². The highest BCUT2D eigenvalue weighted by Gasteiger charge is 2.19. The van der Waals surface area contributed by atoms with Crippen molar-refractivity contribution in [1.82, 2.24) is 5.32 Å². The topological polar surface area (TPSA) is 84.5 Å². The maximum absolute atomic E-state index is 13.5. The minimum atomic E-state index is -1.08. The molecule has 6 nitrogen and oxygen atoms in total. The Morgan fingerprint density at radius 1 is 1.12 bits per heavy atom. The lowest BCUT2D eigenvalue weighted by molar-refractivity contribution is -0.152. The van der Waals surface area contributed by atoms with Crippen molar-refractivity contribution in [3.63, 3.8) is 0 Å². The molecule has 2 aromatic carbocycles. The fourth-order valence-electron chi connectivity index (χ4n) is 1.96. The minimum Gasteiger partial charge on any atom is -0.451 e.